The first-order valence-corrected chi connectivity index (χ1v) is 9.91. The third-order valence-corrected chi connectivity index (χ3v) is 6.55. The summed E-state index contributed by atoms with van der Waals surface area (Å²) in [5.41, 5.74) is 1.93. The Labute approximate surface area is 154 Å². The fourth-order valence-corrected chi connectivity index (χ4v) is 4.96. The molecule has 1 unspecified atom stereocenters. The topological polar surface area (TPSA) is 34.1 Å². The molecule has 0 aliphatic carbocycles. The van der Waals surface area contributed by atoms with Crippen LogP contribution in [0.4, 0.5) is 0 Å². The maximum Gasteiger partial charge on any atom is 0.198 e. The average molecular weight is 375 g/mol. The Kier molecular flexibility index (Phi) is 5.49. The number of hydrogen-bond acceptors (Lipinski definition) is 4. The molecule has 0 fully saturated rings. The predicted molar refractivity (Wildman–Crippen MR) is 103 cm³/mol. The van der Waals surface area contributed by atoms with Gasteiger partial charge in [-0.3, -0.25) is 9.59 Å². The molecular formula is C19H15ClO2S2. The van der Waals surface area contributed by atoms with Crippen molar-refractivity contribution in [1.29, 1.82) is 0 Å². The zero-order chi connectivity index (χ0) is 17.1. The van der Waals surface area contributed by atoms with Crippen LogP contribution in [0, 0.1) is 0 Å². The lowest BCUT2D eigenvalue weighted by Crippen LogP contribution is -2.20. The van der Waals surface area contributed by atoms with E-state index in [1.807, 2.05) is 48.7 Å². The Hall–Kier alpha value is -1.49. The minimum absolute atomic E-state index is 0.0181. The van der Waals surface area contributed by atoms with Crippen LogP contribution in [0.2, 0.25) is 5.02 Å². The van der Waals surface area contributed by atoms with E-state index in [0.717, 1.165) is 9.80 Å². The van der Waals surface area contributed by atoms with Gasteiger partial charge in [-0.05, 0) is 24.0 Å². The van der Waals surface area contributed by atoms with Gasteiger partial charge in [0.2, 0.25) is 0 Å². The highest BCUT2D eigenvalue weighted by Gasteiger charge is 2.33. The van der Waals surface area contributed by atoms with Gasteiger partial charge in [0.1, 0.15) is 0 Å². The number of halogens is 1. The molecule has 2 nitrogen and oxygen atoms in total. The first-order valence-electron chi connectivity index (χ1n) is 7.43. The predicted octanol–water partition coefficient (Wildman–Crippen LogP) is 5.54. The van der Waals surface area contributed by atoms with Gasteiger partial charge in [-0.25, -0.2) is 0 Å². The second-order valence-corrected chi connectivity index (χ2v) is 8.07. The van der Waals surface area contributed by atoms with Crippen molar-refractivity contribution in [3.05, 3.63) is 80.6 Å². The highest BCUT2D eigenvalue weighted by Crippen LogP contribution is 2.48. The number of hydrogen-bond donors (Lipinski definition) is 0. The van der Waals surface area contributed by atoms with E-state index in [1.54, 1.807) is 23.9 Å². The normalized spacial score (nSPS) is 17.9. The minimum Gasteiger partial charge on any atom is -0.294 e. The molecule has 122 valence electrons. The second kappa shape index (κ2) is 7.60. The summed E-state index contributed by atoms with van der Waals surface area (Å²) in [6, 6.07) is 16.5. The number of carbonyl (C=O) groups excluding carboxylic acids is 2. The molecule has 2 aromatic carbocycles. The van der Waals surface area contributed by atoms with Crippen molar-refractivity contribution in [3.8, 4) is 0 Å². The van der Waals surface area contributed by atoms with Crippen LogP contribution < -0.4 is 0 Å². The van der Waals surface area contributed by atoms with Crippen molar-refractivity contribution >= 4 is 46.7 Å². The molecule has 1 aliphatic heterocycles. The summed E-state index contributed by atoms with van der Waals surface area (Å²) in [6.45, 7) is 0. The van der Waals surface area contributed by atoms with Gasteiger partial charge in [-0.15, -0.1) is 23.5 Å². The van der Waals surface area contributed by atoms with Crippen LogP contribution in [-0.2, 0) is 4.79 Å². The van der Waals surface area contributed by atoms with Gasteiger partial charge in [0.05, 0.1) is 9.81 Å². The molecule has 0 saturated carbocycles. The lowest BCUT2D eigenvalue weighted by molar-refractivity contribution is -0.115. The van der Waals surface area contributed by atoms with Crippen molar-refractivity contribution < 1.29 is 9.59 Å². The molecule has 0 saturated heterocycles. The number of allylic oxidation sites excluding steroid dienone is 1. The molecule has 0 bridgehead atoms. The summed E-state index contributed by atoms with van der Waals surface area (Å²) in [4.78, 5) is 25.4. The van der Waals surface area contributed by atoms with Gasteiger partial charge in [-0.1, -0.05) is 54.1 Å². The molecule has 0 aromatic heterocycles. The van der Waals surface area contributed by atoms with Gasteiger partial charge in [0.15, 0.2) is 11.6 Å². The monoisotopic (exact) mass is 374 g/mol. The van der Waals surface area contributed by atoms with Crippen LogP contribution >= 0.6 is 35.1 Å². The van der Waals surface area contributed by atoms with E-state index in [9.17, 15) is 9.59 Å². The van der Waals surface area contributed by atoms with E-state index >= 15 is 0 Å². The van der Waals surface area contributed by atoms with E-state index in [1.165, 1.54) is 11.8 Å². The Morgan fingerprint density at radius 1 is 1.12 bits per heavy atom. The molecule has 0 amide bonds. The Balaban J connectivity index is 1.93. The van der Waals surface area contributed by atoms with E-state index in [4.69, 9.17) is 11.6 Å². The summed E-state index contributed by atoms with van der Waals surface area (Å²) >= 11 is 8.98. The van der Waals surface area contributed by atoms with Gasteiger partial charge < -0.3 is 0 Å². The van der Waals surface area contributed by atoms with Crippen LogP contribution in [0.1, 0.15) is 27.6 Å². The van der Waals surface area contributed by atoms with E-state index < -0.39 is 0 Å². The molecule has 0 radical (unpaired) electrons. The average Bonchev–Trinajstić information content (AvgIpc) is 2.61. The van der Waals surface area contributed by atoms with E-state index in [-0.39, 0.29) is 16.8 Å². The lowest BCUT2D eigenvalue weighted by atomic mass is 9.96. The minimum atomic E-state index is -0.188. The fourth-order valence-electron chi connectivity index (χ4n) is 2.58. The zero-order valence-electron chi connectivity index (χ0n) is 13.0. The van der Waals surface area contributed by atoms with Crippen LogP contribution in [0.25, 0.3) is 0 Å². The van der Waals surface area contributed by atoms with Crippen LogP contribution in [0.5, 0.6) is 0 Å². The van der Waals surface area contributed by atoms with Gasteiger partial charge in [-0.2, -0.15) is 0 Å². The van der Waals surface area contributed by atoms with Crippen molar-refractivity contribution in [2.45, 2.75) is 11.7 Å². The number of benzene rings is 2. The molecule has 3 rings (SSSR count). The van der Waals surface area contributed by atoms with Gasteiger partial charge in [0, 0.05) is 22.3 Å². The number of ketones is 2. The molecule has 5 heteroatoms. The number of Topliss-reactive ketones (excluding diaryl/α,β-unsaturated/α-hetero) is 2. The summed E-state index contributed by atoms with van der Waals surface area (Å²) in [7, 11) is 0. The third kappa shape index (κ3) is 3.61. The number of thioether (sulfide) groups is 2. The fraction of sp³-hybridized carbons (Fsp3) is 0.158. The van der Waals surface area contributed by atoms with Crippen LogP contribution in [-0.4, -0.2) is 17.8 Å². The second-order valence-electron chi connectivity index (χ2n) is 5.35. The lowest BCUT2D eigenvalue weighted by Gasteiger charge is -2.24. The van der Waals surface area contributed by atoms with Crippen molar-refractivity contribution in [3.63, 3.8) is 0 Å². The first-order chi connectivity index (χ1) is 11.6. The molecule has 24 heavy (non-hydrogen) atoms. The maximum absolute atomic E-state index is 12.7. The molecule has 1 atom stereocenters. The smallest absolute Gasteiger partial charge is 0.198 e. The van der Waals surface area contributed by atoms with Crippen LogP contribution in [0.15, 0.2) is 64.4 Å². The molecule has 1 heterocycles. The van der Waals surface area contributed by atoms with Crippen molar-refractivity contribution in [1.82, 2.24) is 0 Å². The molecular weight excluding hydrogens is 360 g/mol. The molecule has 0 spiro atoms. The summed E-state index contributed by atoms with van der Waals surface area (Å²) in [5.74, 6) is -0.279. The summed E-state index contributed by atoms with van der Waals surface area (Å²) in [5, 5.41) is 0.691. The summed E-state index contributed by atoms with van der Waals surface area (Å²) in [6.07, 6.45) is 2.22. The maximum atomic E-state index is 12.7. The third-order valence-electron chi connectivity index (χ3n) is 3.79. The highest BCUT2D eigenvalue weighted by atomic mass is 35.5. The molecule has 1 aliphatic rings. The molecule has 2 aromatic rings. The Bertz CT molecular complexity index is 798. The van der Waals surface area contributed by atoms with E-state index in [0.29, 0.717) is 22.6 Å². The Morgan fingerprint density at radius 2 is 1.79 bits per heavy atom. The zero-order valence-corrected chi connectivity index (χ0v) is 15.4. The highest BCUT2D eigenvalue weighted by molar-refractivity contribution is 8.22. The van der Waals surface area contributed by atoms with Crippen molar-refractivity contribution in [2.75, 3.05) is 6.26 Å². The van der Waals surface area contributed by atoms with E-state index in [2.05, 4.69) is 0 Å². The number of carbonyl (C=O) groups is 2. The molecule has 0 N–H and O–H groups in total. The Morgan fingerprint density at radius 3 is 2.42 bits per heavy atom. The first kappa shape index (κ1) is 17.3. The van der Waals surface area contributed by atoms with Gasteiger partial charge >= 0.3 is 0 Å². The largest absolute Gasteiger partial charge is 0.294 e. The summed E-state index contributed by atoms with van der Waals surface area (Å²) < 4.78 is 0.792. The number of rotatable bonds is 4. The standard InChI is InChI=1S/C19H15ClO2S2/c1-23-19-17(18(22)13-5-3-2-4-6-13)15(21)11-16(24-19)12-7-9-14(20)10-8-12/h2-10,16H,11H2,1H3. The van der Waals surface area contributed by atoms with Crippen molar-refractivity contribution in [2.24, 2.45) is 0 Å². The quantitative estimate of drug-likeness (QED) is 0.519. The SMILES string of the molecule is CSC1=C(C(=O)c2ccccc2)C(=O)CC(c2ccc(Cl)cc2)S1. The van der Waals surface area contributed by atoms with Crippen LogP contribution in [0.3, 0.4) is 0 Å². The van der Waals surface area contributed by atoms with Gasteiger partial charge in [0.25, 0.3) is 0 Å².